The summed E-state index contributed by atoms with van der Waals surface area (Å²) in [7, 11) is 5.35. The normalized spacial score (nSPS) is 10.6. The number of methoxy groups -OCH3 is 1. The van der Waals surface area contributed by atoms with Gasteiger partial charge in [-0.15, -0.1) is 41.7 Å². The number of aryl methyl sites for hydroxylation is 1. The fourth-order valence-electron chi connectivity index (χ4n) is 2.43. The molecule has 2 aromatic rings. The third kappa shape index (κ3) is 6.92. The molecule has 0 aliphatic rings. The maximum absolute atomic E-state index is 5.54. The van der Waals surface area contributed by atoms with Crippen molar-refractivity contribution in [2.75, 3.05) is 27.8 Å². The van der Waals surface area contributed by atoms with E-state index in [4.69, 9.17) is 15.9 Å². The summed E-state index contributed by atoms with van der Waals surface area (Å²) in [4.78, 5) is 10.9. The van der Waals surface area contributed by atoms with E-state index < -0.39 is 0 Å². The van der Waals surface area contributed by atoms with Gasteiger partial charge in [0.2, 0.25) is 0 Å². The first kappa shape index (κ1) is 23.0. The summed E-state index contributed by atoms with van der Waals surface area (Å²) in [5.74, 6) is 4.54. The van der Waals surface area contributed by atoms with Gasteiger partial charge in [0.05, 0.1) is 24.4 Å². The molecule has 1 aromatic carbocycles. The lowest BCUT2D eigenvalue weighted by atomic mass is 10.2. The molecule has 0 unspecified atom stereocenters. The zero-order chi connectivity index (χ0) is 18.9. The summed E-state index contributed by atoms with van der Waals surface area (Å²) in [6, 6.07) is 5.76. The van der Waals surface area contributed by atoms with Gasteiger partial charge in [0.25, 0.3) is 0 Å². The Balaban J connectivity index is 0.00000364. The number of benzene rings is 1. The van der Waals surface area contributed by atoms with Gasteiger partial charge in [0, 0.05) is 26.0 Å². The number of hydrogen-bond acceptors (Lipinski definition) is 5. The number of hydrogen-bond donors (Lipinski definition) is 1. The minimum Gasteiger partial charge on any atom is -0.493 e. The average molecular weight is 500 g/mol. The Morgan fingerprint density at radius 3 is 2.78 bits per heavy atom. The Kier molecular flexibility index (Phi) is 9.96. The molecule has 1 heterocycles. The number of thiazole rings is 1. The van der Waals surface area contributed by atoms with Crippen molar-refractivity contribution in [1.82, 2.24) is 15.2 Å². The summed E-state index contributed by atoms with van der Waals surface area (Å²) >= 11 is 1.65. The van der Waals surface area contributed by atoms with Crippen LogP contribution in [0.1, 0.15) is 16.3 Å². The van der Waals surface area contributed by atoms with Crippen molar-refractivity contribution in [3.63, 3.8) is 0 Å². The highest BCUT2D eigenvalue weighted by Crippen LogP contribution is 2.28. The molecule has 0 aliphatic heterocycles. The van der Waals surface area contributed by atoms with Crippen molar-refractivity contribution in [2.24, 2.45) is 4.99 Å². The van der Waals surface area contributed by atoms with Gasteiger partial charge >= 0.3 is 0 Å². The lowest BCUT2D eigenvalue weighted by molar-refractivity contribution is 0.330. The quantitative estimate of drug-likeness (QED) is 0.274. The Morgan fingerprint density at radius 1 is 1.41 bits per heavy atom. The molecular formula is C19H25IN4O2S. The van der Waals surface area contributed by atoms with Crippen molar-refractivity contribution < 1.29 is 9.47 Å². The Hall–Kier alpha value is -1.99. The number of guanidine groups is 1. The summed E-state index contributed by atoms with van der Waals surface area (Å²) < 4.78 is 10.8. The van der Waals surface area contributed by atoms with Gasteiger partial charge in [0.1, 0.15) is 6.61 Å². The Morgan fingerprint density at radius 2 is 2.19 bits per heavy atom. The number of nitrogens with one attached hydrogen (secondary N) is 1. The van der Waals surface area contributed by atoms with E-state index in [-0.39, 0.29) is 30.6 Å². The van der Waals surface area contributed by atoms with Gasteiger partial charge in [-0.2, -0.15) is 0 Å². The van der Waals surface area contributed by atoms with Gasteiger partial charge < -0.3 is 19.7 Å². The van der Waals surface area contributed by atoms with Crippen LogP contribution in [-0.2, 0) is 13.1 Å². The number of terminal acetylenes is 1. The highest BCUT2D eigenvalue weighted by molar-refractivity contribution is 14.0. The number of aliphatic imine (C=N–C) groups is 1. The average Bonchev–Trinajstić information content (AvgIpc) is 3.05. The molecule has 0 bridgehead atoms. The van der Waals surface area contributed by atoms with Crippen LogP contribution in [0.5, 0.6) is 11.5 Å². The largest absolute Gasteiger partial charge is 0.493 e. The SMILES string of the molecule is C#CCOc1cc(CNC(=NC)N(C)Cc2csc(C)n2)ccc1OC.I. The predicted octanol–water partition coefficient (Wildman–Crippen LogP) is 3.30. The van der Waals surface area contributed by atoms with Crippen LogP contribution in [0.4, 0.5) is 0 Å². The molecule has 27 heavy (non-hydrogen) atoms. The lowest BCUT2D eigenvalue weighted by Gasteiger charge is -2.21. The second-order valence-electron chi connectivity index (χ2n) is 5.59. The summed E-state index contributed by atoms with van der Waals surface area (Å²) in [5.41, 5.74) is 2.07. The van der Waals surface area contributed by atoms with Gasteiger partial charge in [-0.05, 0) is 24.6 Å². The molecule has 0 spiro atoms. The summed E-state index contributed by atoms with van der Waals surface area (Å²) in [5, 5.41) is 6.48. The first-order valence-corrected chi connectivity index (χ1v) is 9.01. The standard InChI is InChI=1S/C19H24N4O2S.HI/c1-6-9-25-18-10-15(7-8-17(18)24-5)11-21-19(20-3)23(4)12-16-13-26-14(2)22-16;/h1,7-8,10,13H,9,11-12H2,2-5H3,(H,20,21);1H. The fourth-order valence-corrected chi connectivity index (χ4v) is 3.03. The number of nitrogens with zero attached hydrogens (tertiary/aromatic N) is 3. The molecule has 2 rings (SSSR count). The summed E-state index contributed by atoms with van der Waals surface area (Å²) in [6.07, 6.45) is 5.27. The zero-order valence-electron chi connectivity index (χ0n) is 16.0. The monoisotopic (exact) mass is 500 g/mol. The van der Waals surface area contributed by atoms with Crippen molar-refractivity contribution in [3.8, 4) is 23.8 Å². The predicted molar refractivity (Wildman–Crippen MR) is 121 cm³/mol. The maximum Gasteiger partial charge on any atom is 0.194 e. The molecule has 0 saturated carbocycles. The van der Waals surface area contributed by atoms with Crippen LogP contribution >= 0.6 is 35.3 Å². The van der Waals surface area contributed by atoms with Gasteiger partial charge in [-0.3, -0.25) is 4.99 Å². The first-order chi connectivity index (χ1) is 12.6. The molecule has 1 N–H and O–H groups in total. The van der Waals surface area contributed by atoms with Crippen molar-refractivity contribution >= 4 is 41.3 Å². The van der Waals surface area contributed by atoms with E-state index in [1.54, 1.807) is 25.5 Å². The van der Waals surface area contributed by atoms with Crippen LogP contribution in [0.3, 0.4) is 0 Å². The number of rotatable bonds is 7. The van der Waals surface area contributed by atoms with Crippen molar-refractivity contribution in [3.05, 3.63) is 39.8 Å². The van der Waals surface area contributed by atoms with E-state index in [0.717, 1.165) is 22.2 Å². The minimum absolute atomic E-state index is 0. The first-order valence-electron chi connectivity index (χ1n) is 8.13. The van der Waals surface area contributed by atoms with Gasteiger partial charge in [-0.25, -0.2) is 4.98 Å². The van der Waals surface area contributed by atoms with E-state index in [9.17, 15) is 0 Å². The number of halogens is 1. The molecule has 8 heteroatoms. The van der Waals surface area contributed by atoms with Crippen LogP contribution in [0.25, 0.3) is 0 Å². The second-order valence-corrected chi connectivity index (χ2v) is 6.65. The second kappa shape index (κ2) is 11.7. The molecule has 1 aromatic heterocycles. The molecule has 0 amide bonds. The van der Waals surface area contributed by atoms with Crippen LogP contribution in [0.2, 0.25) is 0 Å². The van der Waals surface area contributed by atoms with E-state index in [1.807, 2.05) is 37.1 Å². The number of ether oxygens (including phenoxy) is 2. The van der Waals surface area contributed by atoms with Crippen LogP contribution in [-0.4, -0.2) is 43.7 Å². The zero-order valence-corrected chi connectivity index (χ0v) is 19.1. The van der Waals surface area contributed by atoms with E-state index in [2.05, 4.69) is 26.6 Å². The van der Waals surface area contributed by atoms with Crippen LogP contribution < -0.4 is 14.8 Å². The Labute approximate surface area is 182 Å². The minimum atomic E-state index is 0. The number of aromatic nitrogens is 1. The van der Waals surface area contributed by atoms with E-state index >= 15 is 0 Å². The molecule has 0 aliphatic carbocycles. The molecule has 0 fully saturated rings. The molecular weight excluding hydrogens is 475 g/mol. The molecule has 0 saturated heterocycles. The third-order valence-corrected chi connectivity index (χ3v) is 4.45. The molecule has 146 valence electrons. The lowest BCUT2D eigenvalue weighted by Crippen LogP contribution is -2.38. The smallest absolute Gasteiger partial charge is 0.194 e. The van der Waals surface area contributed by atoms with Gasteiger partial charge in [0.15, 0.2) is 17.5 Å². The highest BCUT2D eigenvalue weighted by Gasteiger charge is 2.10. The highest BCUT2D eigenvalue weighted by atomic mass is 127. The Bertz CT molecular complexity index is 801. The third-order valence-electron chi connectivity index (χ3n) is 3.63. The topological polar surface area (TPSA) is 59.0 Å². The molecule has 0 atom stereocenters. The van der Waals surface area contributed by atoms with E-state index in [0.29, 0.717) is 24.6 Å². The van der Waals surface area contributed by atoms with E-state index in [1.165, 1.54) is 0 Å². The van der Waals surface area contributed by atoms with Gasteiger partial charge in [-0.1, -0.05) is 12.0 Å². The molecule has 6 nitrogen and oxygen atoms in total. The van der Waals surface area contributed by atoms with Crippen molar-refractivity contribution in [2.45, 2.75) is 20.0 Å². The van der Waals surface area contributed by atoms with Crippen molar-refractivity contribution in [1.29, 1.82) is 0 Å². The fraction of sp³-hybridized carbons (Fsp3) is 0.368. The van der Waals surface area contributed by atoms with Crippen LogP contribution in [0, 0.1) is 19.3 Å². The molecule has 0 radical (unpaired) electrons. The van der Waals surface area contributed by atoms with Crippen LogP contribution in [0.15, 0.2) is 28.6 Å². The summed E-state index contributed by atoms with van der Waals surface area (Å²) in [6.45, 7) is 3.50. The maximum atomic E-state index is 5.54.